The van der Waals surface area contributed by atoms with Crippen molar-refractivity contribution in [1.29, 1.82) is 5.26 Å². The number of amides is 1. The molecular weight excluding hydrogens is 346 g/mol. The first kappa shape index (κ1) is 17.4. The maximum atomic E-state index is 12.9. The molecule has 2 aliphatic rings. The molecule has 130 valence electrons. The smallest absolute Gasteiger partial charge is 0.265 e. The van der Waals surface area contributed by atoms with Gasteiger partial charge in [0.1, 0.15) is 9.77 Å². The van der Waals surface area contributed by atoms with E-state index in [-0.39, 0.29) is 16.7 Å². The Kier molecular flexibility index (Phi) is 5.23. The van der Waals surface area contributed by atoms with Gasteiger partial charge in [0.2, 0.25) is 10.0 Å². The normalized spacial score (nSPS) is 20.7. The number of carbonyl (C=O) groups excluding carboxylic acids is 1. The van der Waals surface area contributed by atoms with Crippen molar-refractivity contribution in [2.24, 2.45) is 5.92 Å². The first-order chi connectivity index (χ1) is 11.5. The van der Waals surface area contributed by atoms with Crippen LogP contribution in [0, 0.1) is 17.2 Å². The fourth-order valence-corrected chi connectivity index (χ4v) is 6.14. The Balaban J connectivity index is 1.80. The Labute approximate surface area is 146 Å². The van der Waals surface area contributed by atoms with Crippen molar-refractivity contribution in [2.45, 2.75) is 37.0 Å². The zero-order chi connectivity index (χ0) is 17.2. The Bertz CT molecular complexity index is 737. The molecular formula is C16H21N3O3S2. The minimum atomic E-state index is -3.60. The number of thiophene rings is 1. The molecule has 0 bridgehead atoms. The van der Waals surface area contributed by atoms with Gasteiger partial charge in [-0.05, 0) is 37.1 Å². The molecule has 0 atom stereocenters. The van der Waals surface area contributed by atoms with E-state index < -0.39 is 10.0 Å². The highest BCUT2D eigenvalue weighted by molar-refractivity contribution is 7.89. The number of carbonyl (C=O) groups is 1. The van der Waals surface area contributed by atoms with Gasteiger partial charge < -0.3 is 4.90 Å². The maximum Gasteiger partial charge on any atom is 0.265 e. The van der Waals surface area contributed by atoms with E-state index in [2.05, 4.69) is 6.07 Å². The summed E-state index contributed by atoms with van der Waals surface area (Å²) in [6.07, 6.45) is 4.10. The topological polar surface area (TPSA) is 81.5 Å². The number of likely N-dealkylation sites (tertiary alicyclic amines) is 1. The summed E-state index contributed by atoms with van der Waals surface area (Å²) >= 11 is 1.19. The Morgan fingerprint density at radius 2 is 1.83 bits per heavy atom. The summed E-state index contributed by atoms with van der Waals surface area (Å²) in [6, 6.07) is 3.78. The molecule has 3 heterocycles. The number of hydrogen-bond acceptors (Lipinski definition) is 5. The summed E-state index contributed by atoms with van der Waals surface area (Å²) < 4.78 is 27.2. The van der Waals surface area contributed by atoms with Crippen LogP contribution in [0.3, 0.4) is 0 Å². The lowest BCUT2D eigenvalue weighted by Crippen LogP contribution is -2.39. The van der Waals surface area contributed by atoms with Crippen molar-refractivity contribution >= 4 is 27.3 Å². The largest absolute Gasteiger partial charge is 0.338 e. The van der Waals surface area contributed by atoms with Crippen LogP contribution < -0.4 is 0 Å². The van der Waals surface area contributed by atoms with Crippen LogP contribution in [0.1, 0.15) is 41.8 Å². The fourth-order valence-electron chi connectivity index (χ4n) is 3.26. The van der Waals surface area contributed by atoms with E-state index in [1.807, 2.05) is 0 Å². The minimum absolute atomic E-state index is 0.00561. The van der Waals surface area contributed by atoms with E-state index in [0.29, 0.717) is 43.9 Å². The van der Waals surface area contributed by atoms with Crippen molar-refractivity contribution in [3.8, 4) is 6.07 Å². The van der Waals surface area contributed by atoms with Crippen molar-refractivity contribution in [3.05, 3.63) is 16.3 Å². The molecule has 0 unspecified atom stereocenters. The second kappa shape index (κ2) is 7.21. The SMILES string of the molecule is N#CC1CCN(C(=O)c2sccc2S(=O)(=O)N2CCCCC2)CC1. The lowest BCUT2D eigenvalue weighted by Gasteiger charge is -2.30. The van der Waals surface area contributed by atoms with E-state index in [9.17, 15) is 13.2 Å². The lowest BCUT2D eigenvalue weighted by atomic mass is 9.98. The van der Waals surface area contributed by atoms with E-state index in [4.69, 9.17) is 5.26 Å². The van der Waals surface area contributed by atoms with Crippen LogP contribution in [-0.2, 0) is 10.0 Å². The number of rotatable bonds is 3. The molecule has 1 amide bonds. The standard InChI is InChI=1S/C16H21N3O3S2/c17-12-13-4-9-18(10-5-13)16(20)15-14(6-11-23-15)24(21,22)19-7-2-1-3-8-19/h6,11,13H,1-5,7-10H2. The molecule has 24 heavy (non-hydrogen) atoms. The first-order valence-electron chi connectivity index (χ1n) is 8.30. The molecule has 0 aromatic carbocycles. The van der Waals surface area contributed by atoms with Crippen molar-refractivity contribution in [3.63, 3.8) is 0 Å². The third kappa shape index (κ3) is 3.34. The Morgan fingerprint density at radius 1 is 1.17 bits per heavy atom. The van der Waals surface area contributed by atoms with Gasteiger partial charge in [-0.3, -0.25) is 4.79 Å². The number of sulfonamides is 1. The van der Waals surface area contributed by atoms with Gasteiger partial charge in [0, 0.05) is 32.1 Å². The molecule has 0 N–H and O–H groups in total. The van der Waals surface area contributed by atoms with Gasteiger partial charge >= 0.3 is 0 Å². The van der Waals surface area contributed by atoms with Crippen LogP contribution in [0.4, 0.5) is 0 Å². The highest BCUT2D eigenvalue weighted by Gasteiger charge is 2.33. The monoisotopic (exact) mass is 367 g/mol. The van der Waals surface area contributed by atoms with E-state index in [0.717, 1.165) is 19.3 Å². The van der Waals surface area contributed by atoms with Gasteiger partial charge in [-0.15, -0.1) is 11.3 Å². The molecule has 0 spiro atoms. The van der Waals surface area contributed by atoms with Gasteiger partial charge in [-0.1, -0.05) is 6.42 Å². The summed E-state index contributed by atoms with van der Waals surface area (Å²) in [5, 5.41) is 10.6. The fraction of sp³-hybridized carbons (Fsp3) is 0.625. The lowest BCUT2D eigenvalue weighted by molar-refractivity contribution is 0.0708. The predicted octanol–water partition coefficient (Wildman–Crippen LogP) is 2.30. The number of nitrogens with zero attached hydrogens (tertiary/aromatic N) is 3. The second-order valence-corrected chi connectivity index (χ2v) is 9.10. The second-order valence-electron chi connectivity index (χ2n) is 6.27. The number of hydrogen-bond donors (Lipinski definition) is 0. The van der Waals surface area contributed by atoms with E-state index >= 15 is 0 Å². The van der Waals surface area contributed by atoms with Gasteiger partial charge in [0.05, 0.1) is 6.07 Å². The van der Waals surface area contributed by atoms with Crippen molar-refractivity contribution < 1.29 is 13.2 Å². The van der Waals surface area contributed by atoms with Crippen LogP contribution in [0.5, 0.6) is 0 Å². The van der Waals surface area contributed by atoms with Gasteiger partial charge in [-0.2, -0.15) is 9.57 Å². The summed E-state index contributed by atoms with van der Waals surface area (Å²) in [6.45, 7) is 2.08. The molecule has 1 aromatic rings. The van der Waals surface area contributed by atoms with Crippen LogP contribution in [0.25, 0.3) is 0 Å². The highest BCUT2D eigenvalue weighted by atomic mass is 32.2. The van der Waals surface area contributed by atoms with Crippen molar-refractivity contribution in [2.75, 3.05) is 26.2 Å². The number of piperidine rings is 2. The van der Waals surface area contributed by atoms with Crippen molar-refractivity contribution in [1.82, 2.24) is 9.21 Å². The average molecular weight is 367 g/mol. The van der Waals surface area contributed by atoms with Crippen LogP contribution >= 0.6 is 11.3 Å². The maximum absolute atomic E-state index is 12.9. The number of nitriles is 1. The summed E-state index contributed by atoms with van der Waals surface area (Å²) in [5.74, 6) is -0.231. The summed E-state index contributed by atoms with van der Waals surface area (Å²) in [4.78, 5) is 14.9. The Morgan fingerprint density at radius 3 is 2.46 bits per heavy atom. The molecule has 0 saturated carbocycles. The average Bonchev–Trinajstić information content (AvgIpc) is 3.12. The van der Waals surface area contributed by atoms with Gasteiger partial charge in [0.15, 0.2) is 0 Å². The molecule has 8 heteroatoms. The highest BCUT2D eigenvalue weighted by Crippen LogP contribution is 2.29. The van der Waals surface area contributed by atoms with Crippen LogP contribution in [0.15, 0.2) is 16.3 Å². The molecule has 2 saturated heterocycles. The quantitative estimate of drug-likeness (QED) is 0.821. The zero-order valence-corrected chi connectivity index (χ0v) is 15.1. The minimum Gasteiger partial charge on any atom is -0.338 e. The van der Waals surface area contributed by atoms with Crippen LogP contribution in [0.2, 0.25) is 0 Å². The van der Waals surface area contributed by atoms with Gasteiger partial charge in [0.25, 0.3) is 5.91 Å². The summed E-state index contributed by atoms with van der Waals surface area (Å²) in [7, 11) is -3.60. The van der Waals surface area contributed by atoms with E-state index in [1.165, 1.54) is 15.6 Å². The molecule has 2 fully saturated rings. The third-order valence-corrected chi connectivity index (χ3v) is 7.69. The van der Waals surface area contributed by atoms with Gasteiger partial charge in [-0.25, -0.2) is 8.42 Å². The Hall–Kier alpha value is -1.43. The third-order valence-electron chi connectivity index (χ3n) is 4.72. The van der Waals surface area contributed by atoms with Crippen LogP contribution in [-0.4, -0.2) is 49.7 Å². The molecule has 3 rings (SSSR count). The molecule has 6 nitrogen and oxygen atoms in total. The molecule has 0 aliphatic carbocycles. The predicted molar refractivity (Wildman–Crippen MR) is 91.2 cm³/mol. The molecule has 1 aromatic heterocycles. The molecule has 0 radical (unpaired) electrons. The molecule has 2 aliphatic heterocycles. The first-order valence-corrected chi connectivity index (χ1v) is 10.6. The van der Waals surface area contributed by atoms with E-state index in [1.54, 1.807) is 16.3 Å². The zero-order valence-electron chi connectivity index (χ0n) is 13.5. The summed E-state index contributed by atoms with van der Waals surface area (Å²) in [5.41, 5.74) is 0.